The van der Waals surface area contributed by atoms with E-state index < -0.39 is 0 Å². The lowest BCUT2D eigenvalue weighted by Gasteiger charge is -2.34. The average molecular weight is 603 g/mol. The van der Waals surface area contributed by atoms with Gasteiger partial charge in [0.05, 0.1) is 12.1 Å². The molecule has 0 saturated carbocycles. The number of aromatic nitrogens is 4. The highest BCUT2D eigenvalue weighted by Gasteiger charge is 2.24. The van der Waals surface area contributed by atoms with E-state index in [2.05, 4.69) is 64.8 Å². The van der Waals surface area contributed by atoms with E-state index in [0.29, 0.717) is 18.5 Å². The van der Waals surface area contributed by atoms with Crippen LogP contribution in [0.3, 0.4) is 0 Å². The van der Waals surface area contributed by atoms with Crippen LogP contribution in [0.25, 0.3) is 22.1 Å². The molecule has 1 unspecified atom stereocenters. The summed E-state index contributed by atoms with van der Waals surface area (Å²) in [5, 5.41) is 4.91. The van der Waals surface area contributed by atoms with Crippen molar-refractivity contribution in [3.63, 3.8) is 0 Å². The zero-order chi connectivity index (χ0) is 23.7. The largest absolute Gasteiger partial charge is 0.353 e. The second kappa shape index (κ2) is 15.1. The topological polar surface area (TPSA) is 84.9 Å². The fourth-order valence-electron chi connectivity index (χ4n) is 4.82. The van der Waals surface area contributed by atoms with Crippen molar-refractivity contribution in [3.8, 4) is 0 Å². The van der Waals surface area contributed by atoms with Crippen LogP contribution in [-0.4, -0.2) is 56.1 Å². The van der Waals surface area contributed by atoms with Crippen LogP contribution < -0.4 is 11.1 Å². The Hall–Kier alpha value is -1.87. The number of aryl methyl sites for hydroxylation is 1. The first-order chi connectivity index (χ1) is 16.5. The maximum atomic E-state index is 6.31. The molecule has 0 bridgehead atoms. The normalized spacial score (nSPS) is 14.8. The third kappa shape index (κ3) is 7.40. The lowest BCUT2D eigenvalue weighted by molar-refractivity contribution is 0.194. The first kappa shape index (κ1) is 34.2. The molecule has 0 aliphatic carbocycles. The van der Waals surface area contributed by atoms with Crippen LogP contribution in [0.4, 0.5) is 5.95 Å². The number of anilines is 1. The fourth-order valence-corrected chi connectivity index (χ4v) is 4.82. The van der Waals surface area contributed by atoms with Gasteiger partial charge < -0.3 is 16.0 Å². The van der Waals surface area contributed by atoms with Crippen molar-refractivity contribution in [2.45, 2.75) is 52.2 Å². The van der Waals surface area contributed by atoms with Gasteiger partial charge in [-0.05, 0) is 48.9 Å². The predicted octanol–water partition coefficient (Wildman–Crippen LogP) is 5.88. The molecule has 4 heterocycles. The SMILES string of the molecule is Cc1ccnc2c1nc(NC1CCN(CC(N)C(C)C)CC1)n2Cc1cccc2cccnc12.Cl.Cl.Cl.Cl. The number of imidazole rings is 1. The molecule has 5 rings (SSSR count). The number of piperidine rings is 1. The van der Waals surface area contributed by atoms with Gasteiger partial charge in [0.2, 0.25) is 5.95 Å². The van der Waals surface area contributed by atoms with Crippen molar-refractivity contribution in [2.24, 2.45) is 11.7 Å². The predicted molar refractivity (Wildman–Crippen MR) is 168 cm³/mol. The van der Waals surface area contributed by atoms with Gasteiger partial charge in [-0.3, -0.25) is 9.55 Å². The van der Waals surface area contributed by atoms with Crippen LogP contribution in [-0.2, 0) is 6.54 Å². The number of pyridine rings is 2. The van der Waals surface area contributed by atoms with E-state index in [1.807, 2.05) is 24.5 Å². The van der Waals surface area contributed by atoms with E-state index in [1.165, 1.54) is 5.56 Å². The molecule has 1 fully saturated rings. The minimum Gasteiger partial charge on any atom is -0.353 e. The molecule has 210 valence electrons. The van der Waals surface area contributed by atoms with Gasteiger partial charge in [0, 0.05) is 49.5 Å². The van der Waals surface area contributed by atoms with E-state index in [0.717, 1.165) is 66.1 Å². The lowest BCUT2D eigenvalue weighted by Crippen LogP contribution is -2.46. The number of nitrogens with two attached hydrogens (primary N) is 1. The van der Waals surface area contributed by atoms with Crippen molar-refractivity contribution in [3.05, 3.63) is 59.9 Å². The second-order valence-corrected chi connectivity index (χ2v) is 9.94. The highest BCUT2D eigenvalue weighted by molar-refractivity contribution is 5.86. The van der Waals surface area contributed by atoms with Crippen LogP contribution in [0.1, 0.15) is 37.8 Å². The Morgan fingerprint density at radius 2 is 1.66 bits per heavy atom. The number of benzene rings is 1. The van der Waals surface area contributed by atoms with Crippen molar-refractivity contribution >= 4 is 77.6 Å². The Labute approximate surface area is 250 Å². The maximum Gasteiger partial charge on any atom is 0.205 e. The Morgan fingerprint density at radius 1 is 0.947 bits per heavy atom. The zero-order valence-electron chi connectivity index (χ0n) is 22.0. The maximum absolute atomic E-state index is 6.31. The number of fused-ring (bicyclic) bond motifs is 2. The molecule has 4 aromatic rings. The first-order valence-corrected chi connectivity index (χ1v) is 12.4. The molecule has 1 aliphatic heterocycles. The molecule has 1 aliphatic rings. The van der Waals surface area contributed by atoms with E-state index in [-0.39, 0.29) is 55.7 Å². The molecule has 0 amide bonds. The molecule has 38 heavy (non-hydrogen) atoms. The minimum absolute atomic E-state index is 0. The average Bonchev–Trinajstić information content (AvgIpc) is 3.18. The Bertz CT molecular complexity index is 1280. The van der Waals surface area contributed by atoms with Crippen molar-refractivity contribution in [1.29, 1.82) is 0 Å². The van der Waals surface area contributed by atoms with Crippen LogP contribution >= 0.6 is 49.6 Å². The van der Waals surface area contributed by atoms with Crippen LogP contribution in [0.2, 0.25) is 0 Å². The Morgan fingerprint density at radius 3 is 2.37 bits per heavy atom. The van der Waals surface area contributed by atoms with Gasteiger partial charge in [0.15, 0.2) is 5.65 Å². The summed E-state index contributed by atoms with van der Waals surface area (Å²) in [6, 6.07) is 13.1. The van der Waals surface area contributed by atoms with Crippen LogP contribution in [0.15, 0.2) is 48.8 Å². The summed E-state index contributed by atoms with van der Waals surface area (Å²) in [5.41, 5.74) is 11.5. The first-order valence-electron chi connectivity index (χ1n) is 12.4. The number of hydrogen-bond acceptors (Lipinski definition) is 6. The summed E-state index contributed by atoms with van der Waals surface area (Å²) in [6.07, 6.45) is 5.89. The smallest absolute Gasteiger partial charge is 0.205 e. The van der Waals surface area contributed by atoms with Crippen molar-refractivity contribution in [2.75, 3.05) is 25.0 Å². The van der Waals surface area contributed by atoms with Crippen molar-refractivity contribution in [1.82, 2.24) is 24.4 Å². The van der Waals surface area contributed by atoms with Gasteiger partial charge in [0.1, 0.15) is 5.52 Å². The monoisotopic (exact) mass is 601 g/mol. The highest BCUT2D eigenvalue weighted by atomic mass is 35.5. The summed E-state index contributed by atoms with van der Waals surface area (Å²) in [6.45, 7) is 10.3. The molecule has 0 spiro atoms. The summed E-state index contributed by atoms with van der Waals surface area (Å²) in [5.74, 6) is 1.40. The van der Waals surface area contributed by atoms with Crippen molar-refractivity contribution < 1.29 is 0 Å². The second-order valence-electron chi connectivity index (χ2n) is 9.94. The molecule has 11 heteroatoms. The Balaban J connectivity index is 0.00000180. The summed E-state index contributed by atoms with van der Waals surface area (Å²) < 4.78 is 2.22. The number of para-hydroxylation sites is 1. The number of nitrogens with one attached hydrogen (secondary N) is 1. The van der Waals surface area contributed by atoms with Gasteiger partial charge >= 0.3 is 0 Å². The zero-order valence-corrected chi connectivity index (χ0v) is 25.3. The lowest BCUT2D eigenvalue weighted by atomic mass is 10.0. The molecule has 3 aromatic heterocycles. The van der Waals surface area contributed by atoms with Gasteiger partial charge in [-0.25, -0.2) is 9.97 Å². The summed E-state index contributed by atoms with van der Waals surface area (Å²) >= 11 is 0. The standard InChI is InChI=1S/C27H35N7.4ClH/c1-18(2)23(28)17-33-14-10-22(11-15-33)31-27-32-24-19(3)9-13-30-26(24)34(27)16-21-7-4-6-20-8-5-12-29-25(20)21;;;;/h4-9,12-13,18,22-23H,10-11,14-17,28H2,1-3H3,(H,31,32);4*1H. The van der Waals surface area contributed by atoms with Gasteiger partial charge in [-0.2, -0.15) is 0 Å². The van der Waals surface area contributed by atoms with E-state index in [4.69, 9.17) is 15.7 Å². The summed E-state index contributed by atoms with van der Waals surface area (Å²) in [4.78, 5) is 16.9. The molecule has 1 atom stereocenters. The van der Waals surface area contributed by atoms with Gasteiger partial charge in [0.25, 0.3) is 0 Å². The molecular formula is C27H39Cl4N7. The number of nitrogens with zero attached hydrogens (tertiary/aromatic N) is 5. The quantitative estimate of drug-likeness (QED) is 0.275. The number of hydrogen-bond donors (Lipinski definition) is 2. The third-order valence-electron chi connectivity index (χ3n) is 7.13. The Kier molecular flexibility index (Phi) is 13.5. The van der Waals surface area contributed by atoms with Crippen LogP contribution in [0, 0.1) is 12.8 Å². The van der Waals surface area contributed by atoms with Crippen LogP contribution in [0.5, 0.6) is 0 Å². The number of likely N-dealkylation sites (tertiary alicyclic amines) is 1. The number of rotatable bonds is 7. The van der Waals surface area contributed by atoms with E-state index >= 15 is 0 Å². The molecular weight excluding hydrogens is 564 g/mol. The molecule has 1 aromatic carbocycles. The molecule has 0 radical (unpaired) electrons. The van der Waals surface area contributed by atoms with E-state index in [9.17, 15) is 0 Å². The minimum atomic E-state index is 0. The molecule has 1 saturated heterocycles. The summed E-state index contributed by atoms with van der Waals surface area (Å²) in [7, 11) is 0. The van der Waals surface area contributed by atoms with Gasteiger partial charge in [-0.15, -0.1) is 49.6 Å². The number of halogens is 4. The fraction of sp³-hybridized carbons (Fsp3) is 0.444. The van der Waals surface area contributed by atoms with Gasteiger partial charge in [-0.1, -0.05) is 38.1 Å². The molecule has 7 nitrogen and oxygen atoms in total. The third-order valence-corrected chi connectivity index (χ3v) is 7.13. The highest BCUT2D eigenvalue weighted by Crippen LogP contribution is 2.26. The molecule has 3 N–H and O–H groups in total. The van der Waals surface area contributed by atoms with E-state index in [1.54, 1.807) is 0 Å².